The topological polar surface area (TPSA) is 17.1 Å². The minimum atomic E-state index is -1.05. The van der Waals surface area contributed by atoms with Crippen molar-refractivity contribution in [3.63, 3.8) is 0 Å². The van der Waals surface area contributed by atoms with Crippen LogP contribution in [0.2, 0.25) is 0 Å². The maximum Gasteiger partial charge on any atom is 0.123 e. The van der Waals surface area contributed by atoms with Gasteiger partial charge in [0.25, 0.3) is 0 Å². The first kappa shape index (κ1) is 13.3. The van der Waals surface area contributed by atoms with Crippen LogP contribution < -0.4 is 0 Å². The summed E-state index contributed by atoms with van der Waals surface area (Å²) in [5.41, 5.74) is 0. The molecule has 0 aliphatic carbocycles. The van der Waals surface area contributed by atoms with Gasteiger partial charge in [0, 0.05) is 21.3 Å². The molecule has 0 amide bonds. The molecule has 0 aliphatic heterocycles. The molecule has 4 heteroatoms. The summed E-state index contributed by atoms with van der Waals surface area (Å²) in [7, 11) is -1.05. The van der Waals surface area contributed by atoms with Crippen LogP contribution in [0, 0.1) is 5.82 Å². The maximum atomic E-state index is 12.7. The zero-order chi connectivity index (χ0) is 12.8. The first-order valence-electron chi connectivity index (χ1n) is 5.57. The van der Waals surface area contributed by atoms with Crippen LogP contribution in [0.15, 0.2) is 64.4 Å². The fourth-order valence-corrected chi connectivity index (χ4v) is 3.66. The number of rotatable bonds is 5. The van der Waals surface area contributed by atoms with E-state index < -0.39 is 10.8 Å². The van der Waals surface area contributed by atoms with E-state index in [2.05, 4.69) is 0 Å². The second-order valence-electron chi connectivity index (χ2n) is 3.67. The van der Waals surface area contributed by atoms with Crippen molar-refractivity contribution in [1.82, 2.24) is 0 Å². The van der Waals surface area contributed by atoms with E-state index in [0.717, 1.165) is 5.75 Å². The van der Waals surface area contributed by atoms with Crippen molar-refractivity contribution in [2.45, 2.75) is 9.79 Å². The molecule has 2 aromatic carbocycles. The monoisotopic (exact) mass is 280 g/mol. The van der Waals surface area contributed by atoms with Crippen LogP contribution in [-0.2, 0) is 10.8 Å². The van der Waals surface area contributed by atoms with Crippen LogP contribution in [0.4, 0.5) is 4.39 Å². The zero-order valence-electron chi connectivity index (χ0n) is 9.71. The molecule has 2 rings (SSSR count). The third-order valence-corrected chi connectivity index (χ3v) is 5.00. The number of thioether (sulfide) groups is 1. The second kappa shape index (κ2) is 6.71. The van der Waals surface area contributed by atoms with Gasteiger partial charge < -0.3 is 0 Å². The molecule has 1 atom stereocenters. The molecule has 94 valence electrons. The van der Waals surface area contributed by atoms with E-state index in [1.165, 1.54) is 17.0 Å². The summed E-state index contributed by atoms with van der Waals surface area (Å²) in [6.45, 7) is 0. The summed E-state index contributed by atoms with van der Waals surface area (Å²) < 4.78 is 24.6. The fourth-order valence-electron chi connectivity index (χ4n) is 1.46. The number of benzene rings is 2. The summed E-state index contributed by atoms with van der Waals surface area (Å²) >= 11 is 1.68. The van der Waals surface area contributed by atoms with Crippen molar-refractivity contribution in [3.05, 3.63) is 60.4 Å². The van der Waals surface area contributed by atoms with Crippen LogP contribution in [0.25, 0.3) is 0 Å². The molecular weight excluding hydrogens is 267 g/mol. The lowest BCUT2D eigenvalue weighted by atomic mass is 10.4. The van der Waals surface area contributed by atoms with Crippen molar-refractivity contribution < 1.29 is 8.60 Å². The molecule has 0 saturated heterocycles. The summed E-state index contributed by atoms with van der Waals surface area (Å²) in [5.74, 6) is 1.06. The van der Waals surface area contributed by atoms with Gasteiger partial charge in [-0.05, 0) is 36.4 Å². The standard InChI is InChI=1S/C14H13FOS2/c15-12-6-8-14(9-7-12)18(16)11-10-17-13-4-2-1-3-5-13/h1-9H,10-11H2. The van der Waals surface area contributed by atoms with Crippen molar-refractivity contribution in [2.24, 2.45) is 0 Å². The van der Waals surface area contributed by atoms with Crippen molar-refractivity contribution in [3.8, 4) is 0 Å². The molecule has 1 nitrogen and oxygen atoms in total. The molecule has 2 aromatic rings. The molecule has 18 heavy (non-hydrogen) atoms. The van der Waals surface area contributed by atoms with Crippen LogP contribution >= 0.6 is 11.8 Å². The Bertz CT molecular complexity index is 511. The maximum absolute atomic E-state index is 12.7. The Labute approximate surface area is 113 Å². The molecule has 0 fully saturated rings. The minimum Gasteiger partial charge on any atom is -0.254 e. The SMILES string of the molecule is O=S(CCSc1ccccc1)c1ccc(F)cc1. The fraction of sp³-hybridized carbons (Fsp3) is 0.143. The van der Waals surface area contributed by atoms with E-state index in [1.807, 2.05) is 30.3 Å². The van der Waals surface area contributed by atoms with Gasteiger partial charge in [0.15, 0.2) is 0 Å². The summed E-state index contributed by atoms with van der Waals surface area (Å²) in [6.07, 6.45) is 0. The minimum absolute atomic E-state index is 0.297. The molecule has 0 bridgehead atoms. The Morgan fingerprint density at radius 2 is 1.67 bits per heavy atom. The first-order valence-corrected chi connectivity index (χ1v) is 7.88. The van der Waals surface area contributed by atoms with Gasteiger partial charge in [-0.2, -0.15) is 0 Å². The third kappa shape index (κ3) is 3.96. The molecule has 0 spiro atoms. The van der Waals surface area contributed by atoms with Crippen LogP contribution in [0.3, 0.4) is 0 Å². The third-order valence-electron chi connectivity index (χ3n) is 2.36. The number of hydrogen-bond acceptors (Lipinski definition) is 2. The highest BCUT2D eigenvalue weighted by atomic mass is 32.2. The van der Waals surface area contributed by atoms with Crippen LogP contribution in [0.1, 0.15) is 0 Å². The lowest BCUT2D eigenvalue weighted by molar-refractivity contribution is 0.626. The van der Waals surface area contributed by atoms with Gasteiger partial charge in [-0.25, -0.2) is 4.39 Å². The van der Waals surface area contributed by atoms with E-state index in [0.29, 0.717) is 10.6 Å². The largest absolute Gasteiger partial charge is 0.254 e. The molecule has 0 aromatic heterocycles. The predicted molar refractivity (Wildman–Crippen MR) is 74.8 cm³/mol. The molecule has 1 unspecified atom stereocenters. The van der Waals surface area contributed by atoms with Gasteiger partial charge >= 0.3 is 0 Å². The average molecular weight is 280 g/mol. The highest BCUT2D eigenvalue weighted by Gasteiger charge is 2.04. The van der Waals surface area contributed by atoms with E-state index in [4.69, 9.17) is 0 Å². The first-order chi connectivity index (χ1) is 8.75. The molecule has 0 radical (unpaired) electrons. The smallest absolute Gasteiger partial charge is 0.123 e. The van der Waals surface area contributed by atoms with Gasteiger partial charge in [0.05, 0.1) is 10.8 Å². The summed E-state index contributed by atoms with van der Waals surface area (Å²) in [6, 6.07) is 15.9. The zero-order valence-corrected chi connectivity index (χ0v) is 11.3. The predicted octanol–water partition coefficient (Wildman–Crippen LogP) is 3.73. The van der Waals surface area contributed by atoms with Crippen molar-refractivity contribution >= 4 is 22.6 Å². The molecule has 0 saturated carbocycles. The normalized spacial score (nSPS) is 12.3. The average Bonchev–Trinajstić information content (AvgIpc) is 2.40. The lowest BCUT2D eigenvalue weighted by Gasteiger charge is -2.02. The highest BCUT2D eigenvalue weighted by Crippen LogP contribution is 2.18. The van der Waals surface area contributed by atoms with Gasteiger partial charge in [0.2, 0.25) is 0 Å². The second-order valence-corrected chi connectivity index (χ2v) is 6.40. The van der Waals surface area contributed by atoms with Crippen LogP contribution in [0.5, 0.6) is 0 Å². The van der Waals surface area contributed by atoms with Gasteiger partial charge in [-0.3, -0.25) is 4.21 Å². The summed E-state index contributed by atoms with van der Waals surface area (Å²) in [4.78, 5) is 1.86. The van der Waals surface area contributed by atoms with Gasteiger partial charge in [0.1, 0.15) is 5.82 Å². The number of halogens is 1. The Morgan fingerprint density at radius 3 is 2.33 bits per heavy atom. The quantitative estimate of drug-likeness (QED) is 0.776. The number of hydrogen-bond donors (Lipinski definition) is 0. The summed E-state index contributed by atoms with van der Waals surface area (Å²) in [5, 5.41) is 0. The van der Waals surface area contributed by atoms with Gasteiger partial charge in [-0.1, -0.05) is 18.2 Å². The van der Waals surface area contributed by atoms with E-state index in [1.54, 1.807) is 23.9 Å². The molecule has 0 N–H and O–H groups in total. The Hall–Kier alpha value is -1.13. The molecular formula is C14H13FOS2. The Balaban J connectivity index is 1.84. The van der Waals surface area contributed by atoms with E-state index >= 15 is 0 Å². The van der Waals surface area contributed by atoms with E-state index in [-0.39, 0.29) is 5.82 Å². The molecule has 0 heterocycles. The molecule has 0 aliphatic rings. The van der Waals surface area contributed by atoms with Crippen molar-refractivity contribution in [1.29, 1.82) is 0 Å². The Kier molecular flexibility index (Phi) is 4.96. The lowest BCUT2D eigenvalue weighted by Crippen LogP contribution is -2.00. The Morgan fingerprint density at radius 1 is 1.00 bits per heavy atom. The van der Waals surface area contributed by atoms with Crippen LogP contribution in [-0.4, -0.2) is 15.7 Å². The van der Waals surface area contributed by atoms with Gasteiger partial charge in [-0.15, -0.1) is 11.8 Å². The van der Waals surface area contributed by atoms with Crippen molar-refractivity contribution in [2.75, 3.05) is 11.5 Å². The highest BCUT2D eigenvalue weighted by molar-refractivity contribution is 8.00. The van der Waals surface area contributed by atoms with E-state index in [9.17, 15) is 8.60 Å².